The van der Waals surface area contributed by atoms with E-state index in [1.807, 2.05) is 0 Å². The zero-order valence-electron chi connectivity index (χ0n) is 28.6. The average molecular weight is 632 g/mol. The molecule has 0 aliphatic heterocycles. The van der Waals surface area contributed by atoms with Crippen LogP contribution in [0.4, 0.5) is 17.1 Å². The smallest absolute Gasteiger partial charge is 0.0540 e. The number of fused-ring (bicyclic) bond motifs is 5. The predicted molar refractivity (Wildman–Crippen MR) is 208 cm³/mol. The van der Waals surface area contributed by atoms with Crippen LogP contribution in [0.2, 0.25) is 0 Å². The summed E-state index contributed by atoms with van der Waals surface area (Å²) in [5, 5.41) is 2.52. The van der Waals surface area contributed by atoms with Gasteiger partial charge >= 0.3 is 0 Å². The lowest BCUT2D eigenvalue weighted by atomic mass is 9.82. The summed E-state index contributed by atoms with van der Waals surface area (Å²) in [5.41, 5.74) is 18.5. The van der Waals surface area contributed by atoms with Gasteiger partial charge in [-0.2, -0.15) is 0 Å². The predicted octanol–water partition coefficient (Wildman–Crippen LogP) is 13.1. The van der Waals surface area contributed by atoms with Gasteiger partial charge in [0.15, 0.2) is 0 Å². The monoisotopic (exact) mass is 631 g/mol. The Morgan fingerprint density at radius 3 is 2.12 bits per heavy atom. The first-order chi connectivity index (χ1) is 24.0. The second-order valence-corrected chi connectivity index (χ2v) is 14.4. The van der Waals surface area contributed by atoms with Gasteiger partial charge in [0, 0.05) is 22.4 Å². The van der Waals surface area contributed by atoms with Crippen molar-refractivity contribution >= 4 is 27.8 Å². The van der Waals surface area contributed by atoms with E-state index in [1.165, 1.54) is 109 Å². The molecular formula is C48H41N. The highest BCUT2D eigenvalue weighted by Gasteiger charge is 2.37. The molecule has 0 atom stereocenters. The minimum Gasteiger partial charge on any atom is -0.310 e. The van der Waals surface area contributed by atoms with E-state index < -0.39 is 0 Å². The standard InChI is InChI=1S/C48H41N/c1-32-13-10-23-44-47(32)43-30-29-37(31-45(43)48(44,2)3)49(36-27-25-35(26-28-36)39-21-11-16-33-14-4-6-18-38(33)39)46-24-9-8-20-42(46)41-22-12-17-34-15-5-7-19-40(34)41/h5,7-13,15-17,19-31H,4,6,14,18H2,1-3H3. The number of aryl methyl sites for hydroxylation is 2. The van der Waals surface area contributed by atoms with Crippen molar-refractivity contribution < 1.29 is 0 Å². The Kier molecular flexibility index (Phi) is 7.06. The first-order valence-electron chi connectivity index (χ1n) is 17.8. The van der Waals surface area contributed by atoms with E-state index in [4.69, 9.17) is 0 Å². The van der Waals surface area contributed by atoms with Gasteiger partial charge in [-0.3, -0.25) is 0 Å². The summed E-state index contributed by atoms with van der Waals surface area (Å²) in [6.07, 6.45) is 4.93. The molecule has 0 saturated heterocycles. The molecule has 0 bridgehead atoms. The van der Waals surface area contributed by atoms with Crippen LogP contribution in [0.1, 0.15) is 54.5 Å². The van der Waals surface area contributed by atoms with Gasteiger partial charge in [-0.25, -0.2) is 0 Å². The van der Waals surface area contributed by atoms with Crippen LogP contribution in [-0.4, -0.2) is 0 Å². The van der Waals surface area contributed by atoms with Gasteiger partial charge in [-0.15, -0.1) is 0 Å². The highest BCUT2D eigenvalue weighted by Crippen LogP contribution is 2.52. The molecule has 0 fully saturated rings. The van der Waals surface area contributed by atoms with E-state index in [1.54, 1.807) is 0 Å². The molecule has 49 heavy (non-hydrogen) atoms. The van der Waals surface area contributed by atoms with Gasteiger partial charge in [0.2, 0.25) is 0 Å². The number of hydrogen-bond acceptors (Lipinski definition) is 1. The summed E-state index contributed by atoms with van der Waals surface area (Å²) in [6.45, 7) is 7.01. The maximum absolute atomic E-state index is 2.48. The molecule has 1 heteroatoms. The van der Waals surface area contributed by atoms with E-state index in [0.29, 0.717) is 0 Å². The highest BCUT2D eigenvalue weighted by molar-refractivity contribution is 6.01. The molecule has 0 radical (unpaired) electrons. The maximum atomic E-state index is 2.48. The molecular weight excluding hydrogens is 591 g/mol. The van der Waals surface area contributed by atoms with Gasteiger partial charge in [0.25, 0.3) is 0 Å². The van der Waals surface area contributed by atoms with E-state index in [9.17, 15) is 0 Å². The molecule has 0 unspecified atom stereocenters. The molecule has 0 amide bonds. The van der Waals surface area contributed by atoms with E-state index >= 15 is 0 Å². The topological polar surface area (TPSA) is 3.24 Å². The van der Waals surface area contributed by atoms with Crippen molar-refractivity contribution in [1.29, 1.82) is 0 Å². The highest BCUT2D eigenvalue weighted by atomic mass is 15.1. The lowest BCUT2D eigenvalue weighted by molar-refractivity contribution is 0.660. The van der Waals surface area contributed by atoms with Crippen LogP contribution in [0, 0.1) is 6.92 Å². The first-order valence-corrected chi connectivity index (χ1v) is 17.8. The van der Waals surface area contributed by atoms with Crippen LogP contribution in [0.5, 0.6) is 0 Å². The molecule has 0 spiro atoms. The van der Waals surface area contributed by atoms with Gasteiger partial charge in [-0.1, -0.05) is 129 Å². The van der Waals surface area contributed by atoms with E-state index in [2.05, 4.69) is 171 Å². The lowest BCUT2D eigenvalue weighted by Crippen LogP contribution is -2.17. The number of anilines is 3. The molecule has 0 aromatic heterocycles. The number of benzene rings is 7. The lowest BCUT2D eigenvalue weighted by Gasteiger charge is -2.30. The third-order valence-electron chi connectivity index (χ3n) is 11.2. The third kappa shape index (κ3) is 4.83. The van der Waals surface area contributed by atoms with Crippen molar-refractivity contribution in [3.63, 3.8) is 0 Å². The molecule has 1 nitrogen and oxygen atoms in total. The van der Waals surface area contributed by atoms with Crippen molar-refractivity contribution in [3.05, 3.63) is 173 Å². The zero-order valence-corrected chi connectivity index (χ0v) is 28.6. The summed E-state index contributed by atoms with van der Waals surface area (Å²) in [5.74, 6) is 0. The van der Waals surface area contributed by atoms with Crippen molar-refractivity contribution in [2.24, 2.45) is 0 Å². The maximum Gasteiger partial charge on any atom is 0.0540 e. The fourth-order valence-electron chi connectivity index (χ4n) is 8.72. The largest absolute Gasteiger partial charge is 0.310 e. The molecule has 238 valence electrons. The fraction of sp³-hybridized carbons (Fsp3) is 0.167. The van der Waals surface area contributed by atoms with Crippen LogP contribution in [-0.2, 0) is 18.3 Å². The van der Waals surface area contributed by atoms with E-state index in [-0.39, 0.29) is 5.41 Å². The minimum absolute atomic E-state index is 0.0935. The Bertz CT molecular complexity index is 2370. The SMILES string of the molecule is Cc1cccc2c1-c1ccc(N(c3ccc(-c4cccc5c4CCCC5)cc3)c3ccccc3-c3cccc4ccccc34)cc1C2(C)C. The zero-order chi connectivity index (χ0) is 33.1. The number of nitrogens with zero attached hydrogens (tertiary/aromatic N) is 1. The van der Waals surface area contributed by atoms with Crippen molar-refractivity contribution in [2.45, 2.75) is 51.9 Å². The van der Waals surface area contributed by atoms with Gasteiger partial charge in [0.05, 0.1) is 5.69 Å². The number of rotatable bonds is 5. The Morgan fingerprint density at radius 1 is 0.531 bits per heavy atom. The summed E-state index contributed by atoms with van der Waals surface area (Å²) >= 11 is 0. The number of hydrogen-bond donors (Lipinski definition) is 0. The van der Waals surface area contributed by atoms with Crippen molar-refractivity contribution in [2.75, 3.05) is 4.90 Å². The van der Waals surface area contributed by atoms with E-state index in [0.717, 1.165) is 5.69 Å². The van der Waals surface area contributed by atoms with Crippen molar-refractivity contribution in [1.82, 2.24) is 0 Å². The van der Waals surface area contributed by atoms with Crippen LogP contribution >= 0.6 is 0 Å². The quantitative estimate of drug-likeness (QED) is 0.183. The Hall–Kier alpha value is -5.40. The summed E-state index contributed by atoms with van der Waals surface area (Å²) in [6, 6.07) is 54.5. The Morgan fingerprint density at radius 2 is 1.22 bits per heavy atom. The number of para-hydroxylation sites is 1. The van der Waals surface area contributed by atoms with Gasteiger partial charge in [-0.05, 0) is 129 Å². The van der Waals surface area contributed by atoms with Crippen molar-refractivity contribution in [3.8, 4) is 33.4 Å². The van der Waals surface area contributed by atoms with Crippen LogP contribution in [0.3, 0.4) is 0 Å². The molecule has 2 aliphatic rings. The summed E-state index contributed by atoms with van der Waals surface area (Å²) < 4.78 is 0. The molecule has 0 N–H and O–H groups in total. The minimum atomic E-state index is -0.0935. The van der Waals surface area contributed by atoms with Crippen LogP contribution < -0.4 is 4.90 Å². The van der Waals surface area contributed by atoms with Crippen LogP contribution in [0.15, 0.2) is 146 Å². The second kappa shape index (κ2) is 11.6. The molecule has 0 heterocycles. The molecule has 7 aromatic rings. The normalized spacial score (nSPS) is 14.3. The molecule has 0 saturated carbocycles. The molecule has 9 rings (SSSR count). The summed E-state index contributed by atoms with van der Waals surface area (Å²) in [4.78, 5) is 2.48. The second-order valence-electron chi connectivity index (χ2n) is 14.4. The Labute approximate surface area is 290 Å². The fourth-order valence-corrected chi connectivity index (χ4v) is 8.72. The van der Waals surface area contributed by atoms with Gasteiger partial charge in [0.1, 0.15) is 0 Å². The first kappa shape index (κ1) is 29.7. The van der Waals surface area contributed by atoms with Crippen LogP contribution in [0.25, 0.3) is 44.2 Å². The molecule has 7 aromatic carbocycles. The summed E-state index contributed by atoms with van der Waals surface area (Å²) in [7, 11) is 0. The molecule has 2 aliphatic carbocycles. The third-order valence-corrected chi connectivity index (χ3v) is 11.2. The average Bonchev–Trinajstić information content (AvgIpc) is 3.38. The Balaban J connectivity index is 1.24. The van der Waals surface area contributed by atoms with Gasteiger partial charge < -0.3 is 4.90 Å².